The van der Waals surface area contributed by atoms with Crippen LogP contribution in [0.15, 0.2) is 23.5 Å². The lowest BCUT2D eigenvalue weighted by Crippen LogP contribution is -2.12. The molecule has 0 saturated carbocycles. The summed E-state index contributed by atoms with van der Waals surface area (Å²) in [5.74, 6) is 1.53. The Morgan fingerprint density at radius 2 is 2.09 bits per heavy atom. The van der Waals surface area contributed by atoms with E-state index >= 15 is 0 Å². The smallest absolute Gasteiger partial charge is 0.117 e. The number of methoxy groups -OCH3 is 1. The molecule has 2 heteroatoms. The second-order valence-electron chi connectivity index (χ2n) is 2.89. The zero-order valence-electron chi connectivity index (χ0n) is 7.10. The molecule has 0 fully saturated rings. The number of halogens is 1. The minimum absolute atomic E-state index is 0.460. The van der Waals surface area contributed by atoms with Gasteiger partial charge in [0.25, 0.3) is 0 Å². The lowest BCUT2D eigenvalue weighted by molar-refractivity contribution is 0.294. The van der Waals surface area contributed by atoms with Gasteiger partial charge in [-0.3, -0.25) is 0 Å². The molecule has 1 nitrogen and oxygen atoms in total. The van der Waals surface area contributed by atoms with Gasteiger partial charge in [0.15, 0.2) is 0 Å². The van der Waals surface area contributed by atoms with E-state index in [1.54, 1.807) is 7.11 Å². The number of hydrogen-bond acceptors (Lipinski definition) is 1. The first-order valence-electron chi connectivity index (χ1n) is 3.74. The number of rotatable bonds is 1. The van der Waals surface area contributed by atoms with E-state index in [4.69, 9.17) is 4.74 Å². The van der Waals surface area contributed by atoms with Crippen molar-refractivity contribution in [3.05, 3.63) is 23.5 Å². The molecule has 1 aliphatic rings. The average Bonchev–Trinajstić information content (AvgIpc) is 1.97. The molecule has 11 heavy (non-hydrogen) atoms. The Labute approximate surface area is 76.3 Å². The van der Waals surface area contributed by atoms with E-state index in [1.165, 1.54) is 5.57 Å². The maximum absolute atomic E-state index is 5.19. The second kappa shape index (κ2) is 3.44. The number of ether oxygens (including phenoxy) is 1. The van der Waals surface area contributed by atoms with Crippen LogP contribution in [0.2, 0.25) is 0 Å². The van der Waals surface area contributed by atoms with Crippen LogP contribution in [0.5, 0.6) is 0 Å². The van der Waals surface area contributed by atoms with Gasteiger partial charge < -0.3 is 4.74 Å². The van der Waals surface area contributed by atoms with Crippen molar-refractivity contribution >= 4 is 15.9 Å². The van der Waals surface area contributed by atoms with Crippen LogP contribution in [0, 0.1) is 5.92 Å². The molecule has 0 radical (unpaired) electrons. The summed E-state index contributed by atoms with van der Waals surface area (Å²) in [5.41, 5.74) is 1.22. The van der Waals surface area contributed by atoms with Crippen LogP contribution in [0.4, 0.5) is 0 Å². The predicted molar refractivity (Wildman–Crippen MR) is 50.7 cm³/mol. The van der Waals surface area contributed by atoms with E-state index in [0.717, 1.165) is 5.76 Å². The van der Waals surface area contributed by atoms with Gasteiger partial charge in [0.1, 0.15) is 5.76 Å². The normalized spacial score (nSPS) is 30.9. The Hall–Kier alpha value is -0.240. The molecular weight excluding hydrogens is 204 g/mol. The van der Waals surface area contributed by atoms with Gasteiger partial charge in [-0.2, -0.15) is 0 Å². The Balaban J connectivity index is 2.82. The quantitative estimate of drug-likeness (QED) is 0.613. The molecule has 0 amide bonds. The largest absolute Gasteiger partial charge is 0.497 e. The van der Waals surface area contributed by atoms with E-state index in [1.807, 2.05) is 0 Å². The monoisotopic (exact) mass is 216 g/mol. The molecule has 0 heterocycles. The molecule has 2 unspecified atom stereocenters. The zero-order chi connectivity index (χ0) is 8.43. The summed E-state index contributed by atoms with van der Waals surface area (Å²) in [6.07, 6.45) is 4.33. The van der Waals surface area contributed by atoms with Crippen LogP contribution < -0.4 is 0 Å². The van der Waals surface area contributed by atoms with Crippen molar-refractivity contribution in [2.75, 3.05) is 7.11 Å². The Bertz CT molecular complexity index is 206. The first-order valence-corrected chi connectivity index (χ1v) is 4.65. The molecule has 2 atom stereocenters. The number of alkyl halides is 1. The molecule has 1 aliphatic carbocycles. The summed E-state index contributed by atoms with van der Waals surface area (Å²) in [7, 11) is 1.71. The molecule has 62 valence electrons. The van der Waals surface area contributed by atoms with E-state index in [-0.39, 0.29) is 0 Å². The number of hydrogen-bond donors (Lipinski definition) is 0. The Kier molecular flexibility index (Phi) is 2.77. The third-order valence-corrected chi connectivity index (χ3v) is 3.03. The SMILES string of the molecule is COC1=CC(C)C(Br)C=C1C. The van der Waals surface area contributed by atoms with Gasteiger partial charge >= 0.3 is 0 Å². The van der Waals surface area contributed by atoms with Crippen LogP contribution in [0.25, 0.3) is 0 Å². The van der Waals surface area contributed by atoms with E-state index < -0.39 is 0 Å². The molecule has 0 N–H and O–H groups in total. The van der Waals surface area contributed by atoms with Crippen LogP contribution in [0.1, 0.15) is 13.8 Å². The molecule has 0 aliphatic heterocycles. The van der Waals surface area contributed by atoms with E-state index in [0.29, 0.717) is 10.7 Å². The molecule has 0 aromatic heterocycles. The predicted octanol–water partition coefficient (Wildman–Crippen LogP) is 2.88. The van der Waals surface area contributed by atoms with Gasteiger partial charge in [-0.15, -0.1) is 0 Å². The standard InChI is InChI=1S/C9H13BrO/c1-6-5-9(11-3)7(2)4-8(6)10/h4-6,8H,1-3H3. The summed E-state index contributed by atoms with van der Waals surface area (Å²) in [4.78, 5) is 0.460. The fourth-order valence-electron chi connectivity index (χ4n) is 1.16. The third kappa shape index (κ3) is 1.86. The first kappa shape index (κ1) is 8.85. The summed E-state index contributed by atoms with van der Waals surface area (Å²) >= 11 is 3.57. The van der Waals surface area contributed by atoms with Crippen LogP contribution in [-0.2, 0) is 4.74 Å². The van der Waals surface area contributed by atoms with Crippen LogP contribution >= 0.6 is 15.9 Å². The topological polar surface area (TPSA) is 9.23 Å². The summed E-state index contributed by atoms with van der Waals surface area (Å²) in [6.45, 7) is 4.23. The molecule has 0 saturated heterocycles. The molecule has 0 bridgehead atoms. The highest BCUT2D eigenvalue weighted by atomic mass is 79.9. The van der Waals surface area contributed by atoms with Gasteiger partial charge in [-0.25, -0.2) is 0 Å². The summed E-state index contributed by atoms with van der Waals surface area (Å²) in [5, 5.41) is 0. The van der Waals surface area contributed by atoms with Crippen molar-refractivity contribution < 1.29 is 4.74 Å². The van der Waals surface area contributed by atoms with Gasteiger partial charge in [-0.05, 0) is 24.5 Å². The maximum atomic E-state index is 5.19. The van der Waals surface area contributed by atoms with Crippen LogP contribution in [0.3, 0.4) is 0 Å². The fraction of sp³-hybridized carbons (Fsp3) is 0.556. The molecule has 0 spiro atoms. The summed E-state index contributed by atoms with van der Waals surface area (Å²) in [6, 6.07) is 0. The number of allylic oxidation sites excluding steroid dienone is 3. The lowest BCUT2D eigenvalue weighted by atomic mass is 9.98. The molecule has 0 aromatic carbocycles. The molecule has 1 rings (SSSR count). The Morgan fingerprint density at radius 1 is 1.45 bits per heavy atom. The van der Waals surface area contributed by atoms with Gasteiger partial charge in [0.2, 0.25) is 0 Å². The first-order chi connectivity index (χ1) is 5.15. The zero-order valence-corrected chi connectivity index (χ0v) is 8.68. The van der Waals surface area contributed by atoms with Crippen molar-refractivity contribution in [2.24, 2.45) is 5.92 Å². The summed E-state index contributed by atoms with van der Waals surface area (Å²) < 4.78 is 5.19. The van der Waals surface area contributed by atoms with Crippen molar-refractivity contribution in [1.29, 1.82) is 0 Å². The highest BCUT2D eigenvalue weighted by Gasteiger charge is 2.17. The van der Waals surface area contributed by atoms with Gasteiger partial charge in [-0.1, -0.05) is 28.9 Å². The van der Waals surface area contributed by atoms with Crippen LogP contribution in [-0.4, -0.2) is 11.9 Å². The van der Waals surface area contributed by atoms with Gasteiger partial charge in [0, 0.05) is 4.83 Å². The van der Waals surface area contributed by atoms with Crippen molar-refractivity contribution in [1.82, 2.24) is 0 Å². The second-order valence-corrected chi connectivity index (χ2v) is 3.95. The lowest BCUT2D eigenvalue weighted by Gasteiger charge is -2.20. The average molecular weight is 217 g/mol. The highest BCUT2D eigenvalue weighted by Crippen LogP contribution is 2.27. The molecular formula is C9H13BrO. The van der Waals surface area contributed by atoms with Crippen molar-refractivity contribution in [3.63, 3.8) is 0 Å². The van der Waals surface area contributed by atoms with Crippen molar-refractivity contribution in [2.45, 2.75) is 18.7 Å². The third-order valence-electron chi connectivity index (χ3n) is 1.93. The molecule has 0 aromatic rings. The maximum Gasteiger partial charge on any atom is 0.117 e. The van der Waals surface area contributed by atoms with Gasteiger partial charge in [0.05, 0.1) is 7.11 Å². The fourth-order valence-corrected chi connectivity index (χ4v) is 1.71. The highest BCUT2D eigenvalue weighted by molar-refractivity contribution is 9.09. The van der Waals surface area contributed by atoms with E-state index in [2.05, 4.69) is 41.9 Å². The van der Waals surface area contributed by atoms with E-state index in [9.17, 15) is 0 Å². The minimum Gasteiger partial charge on any atom is -0.497 e. The minimum atomic E-state index is 0.460. The Morgan fingerprint density at radius 3 is 2.64 bits per heavy atom. The van der Waals surface area contributed by atoms with Crippen molar-refractivity contribution in [3.8, 4) is 0 Å².